The van der Waals surface area contributed by atoms with Crippen LogP contribution in [0.5, 0.6) is 0 Å². The van der Waals surface area contributed by atoms with Crippen molar-refractivity contribution in [3.8, 4) is 0 Å². The lowest BCUT2D eigenvalue weighted by atomic mass is 10.3. The third-order valence-electron chi connectivity index (χ3n) is 3.78. The fourth-order valence-electron chi connectivity index (χ4n) is 2.41. The predicted molar refractivity (Wildman–Crippen MR) is 75.8 cm³/mol. The molecule has 2 aliphatic rings. The maximum Gasteiger partial charge on any atom is 0.185 e. The summed E-state index contributed by atoms with van der Waals surface area (Å²) in [5.74, 6) is 0. The van der Waals surface area contributed by atoms with E-state index in [2.05, 4.69) is 15.2 Å². The number of aromatic nitrogens is 1. The third kappa shape index (κ3) is 3.08. The molecule has 0 amide bonds. The summed E-state index contributed by atoms with van der Waals surface area (Å²) in [7, 11) is 3.49. The first-order chi connectivity index (χ1) is 9.30. The second-order valence-corrected chi connectivity index (χ2v) is 6.31. The van der Waals surface area contributed by atoms with Gasteiger partial charge in [-0.1, -0.05) is 0 Å². The van der Waals surface area contributed by atoms with Gasteiger partial charge in [0, 0.05) is 51.0 Å². The molecule has 2 unspecified atom stereocenters. The fraction of sp³-hybridized carbons (Fsp3) is 0.769. The minimum Gasteiger partial charge on any atom is -0.377 e. The maximum absolute atomic E-state index is 5.46. The van der Waals surface area contributed by atoms with Crippen LogP contribution in [0.3, 0.4) is 0 Å². The average Bonchev–Trinajstić information content (AvgIpc) is 2.99. The molecule has 106 valence electrons. The van der Waals surface area contributed by atoms with Gasteiger partial charge in [0.05, 0.1) is 0 Å². The average molecular weight is 283 g/mol. The van der Waals surface area contributed by atoms with Gasteiger partial charge >= 0.3 is 0 Å². The Hall–Kier alpha value is -0.690. The van der Waals surface area contributed by atoms with E-state index in [-0.39, 0.29) is 12.2 Å². The van der Waals surface area contributed by atoms with E-state index in [0.29, 0.717) is 0 Å². The largest absolute Gasteiger partial charge is 0.377 e. The van der Waals surface area contributed by atoms with Crippen LogP contribution in [0.4, 0.5) is 5.13 Å². The highest BCUT2D eigenvalue weighted by Gasteiger charge is 2.34. The Bertz CT molecular complexity index is 410. The minimum absolute atomic E-state index is 0.141. The van der Waals surface area contributed by atoms with Gasteiger partial charge in [-0.3, -0.25) is 0 Å². The quantitative estimate of drug-likeness (QED) is 0.851. The smallest absolute Gasteiger partial charge is 0.185 e. The number of nitrogens with zero attached hydrogens (tertiary/aromatic N) is 2. The first-order valence-electron chi connectivity index (χ1n) is 6.78. The van der Waals surface area contributed by atoms with E-state index >= 15 is 0 Å². The Morgan fingerprint density at radius 1 is 1.32 bits per heavy atom. The van der Waals surface area contributed by atoms with Gasteiger partial charge in [-0.2, -0.15) is 0 Å². The third-order valence-corrected chi connectivity index (χ3v) is 4.83. The van der Waals surface area contributed by atoms with Crippen molar-refractivity contribution in [2.75, 3.05) is 32.2 Å². The first-order valence-corrected chi connectivity index (χ1v) is 7.60. The molecule has 0 spiro atoms. The van der Waals surface area contributed by atoms with Gasteiger partial charge in [-0.15, -0.1) is 11.3 Å². The Morgan fingerprint density at radius 2 is 2.00 bits per heavy atom. The van der Waals surface area contributed by atoms with Gasteiger partial charge in [0.15, 0.2) is 5.13 Å². The molecule has 1 aliphatic heterocycles. The number of thiazole rings is 1. The predicted octanol–water partition coefficient (Wildman–Crippen LogP) is 1.25. The van der Waals surface area contributed by atoms with Crippen LogP contribution in [-0.4, -0.2) is 50.5 Å². The van der Waals surface area contributed by atoms with Gasteiger partial charge in [-0.25, -0.2) is 4.98 Å². The zero-order valence-corrected chi connectivity index (χ0v) is 12.3. The van der Waals surface area contributed by atoms with E-state index in [1.807, 2.05) is 6.20 Å². The lowest BCUT2D eigenvalue weighted by molar-refractivity contribution is -0.00461. The molecule has 2 atom stereocenters. The molecule has 6 heteroatoms. The van der Waals surface area contributed by atoms with Gasteiger partial charge < -0.3 is 19.7 Å². The summed E-state index contributed by atoms with van der Waals surface area (Å²) in [6.07, 6.45) is 4.91. The molecule has 5 nitrogen and oxygen atoms in total. The van der Waals surface area contributed by atoms with Crippen molar-refractivity contribution >= 4 is 16.5 Å². The standard InChI is InChI=1S/C13H21N3O2S/c1-17-11-7-16(8-12(11)18-2)13-15-6-10(19-13)5-14-9-3-4-9/h6,9,11-12,14H,3-5,7-8H2,1-2H3. The summed E-state index contributed by atoms with van der Waals surface area (Å²) in [5.41, 5.74) is 0. The van der Waals surface area contributed by atoms with Crippen LogP contribution < -0.4 is 10.2 Å². The number of hydrogen-bond donors (Lipinski definition) is 1. The zero-order valence-electron chi connectivity index (χ0n) is 11.5. The van der Waals surface area contributed by atoms with Crippen LogP contribution in [0.2, 0.25) is 0 Å². The van der Waals surface area contributed by atoms with Crippen LogP contribution in [0.1, 0.15) is 17.7 Å². The summed E-state index contributed by atoms with van der Waals surface area (Å²) in [6, 6.07) is 0.744. The number of nitrogens with one attached hydrogen (secondary N) is 1. The molecule has 1 saturated heterocycles. The van der Waals surface area contributed by atoms with Crippen LogP contribution >= 0.6 is 11.3 Å². The van der Waals surface area contributed by atoms with Crippen molar-refractivity contribution in [3.05, 3.63) is 11.1 Å². The summed E-state index contributed by atoms with van der Waals surface area (Å²) in [4.78, 5) is 8.09. The Kier molecular flexibility index (Phi) is 4.02. The normalized spacial score (nSPS) is 27.2. The molecule has 2 heterocycles. The lowest BCUT2D eigenvalue weighted by Crippen LogP contribution is -2.27. The summed E-state index contributed by atoms with van der Waals surface area (Å²) in [6.45, 7) is 2.66. The van der Waals surface area contributed by atoms with Gasteiger partial charge in [0.25, 0.3) is 0 Å². The molecular weight excluding hydrogens is 262 g/mol. The van der Waals surface area contributed by atoms with Crippen molar-refractivity contribution in [2.45, 2.75) is 37.6 Å². The van der Waals surface area contributed by atoms with E-state index in [9.17, 15) is 0 Å². The van der Waals surface area contributed by atoms with E-state index in [4.69, 9.17) is 9.47 Å². The maximum atomic E-state index is 5.46. The molecule has 19 heavy (non-hydrogen) atoms. The lowest BCUT2D eigenvalue weighted by Gasteiger charge is -2.13. The molecule has 0 aromatic carbocycles. The molecule has 3 rings (SSSR count). The highest BCUT2D eigenvalue weighted by molar-refractivity contribution is 7.15. The SMILES string of the molecule is COC1CN(c2ncc(CNC3CC3)s2)CC1OC. The van der Waals surface area contributed by atoms with E-state index < -0.39 is 0 Å². The Labute approximate surface area is 117 Å². The fourth-order valence-corrected chi connectivity index (χ4v) is 3.29. The van der Waals surface area contributed by atoms with Crippen molar-refractivity contribution in [3.63, 3.8) is 0 Å². The van der Waals surface area contributed by atoms with Gasteiger partial charge in [0.2, 0.25) is 0 Å². The number of hydrogen-bond acceptors (Lipinski definition) is 6. The monoisotopic (exact) mass is 283 g/mol. The molecule has 0 radical (unpaired) electrons. The Balaban J connectivity index is 1.59. The second kappa shape index (κ2) is 5.75. The van der Waals surface area contributed by atoms with Crippen LogP contribution in [0.25, 0.3) is 0 Å². The summed E-state index contributed by atoms with van der Waals surface area (Å²) in [5, 5.41) is 4.60. The molecule has 1 aromatic heterocycles. The van der Waals surface area contributed by atoms with Gasteiger partial charge in [0.1, 0.15) is 12.2 Å². The summed E-state index contributed by atoms with van der Waals surface area (Å²) < 4.78 is 10.9. The molecule has 1 aliphatic carbocycles. The highest BCUT2D eigenvalue weighted by Crippen LogP contribution is 2.28. The van der Waals surface area contributed by atoms with Crippen LogP contribution in [0.15, 0.2) is 6.20 Å². The zero-order chi connectivity index (χ0) is 13.2. The summed E-state index contributed by atoms with van der Waals surface area (Å²) >= 11 is 1.77. The molecule has 1 aromatic rings. The number of rotatable bonds is 6. The molecule has 2 fully saturated rings. The number of methoxy groups -OCH3 is 2. The Morgan fingerprint density at radius 3 is 2.58 bits per heavy atom. The van der Waals surface area contributed by atoms with Crippen LogP contribution in [0, 0.1) is 0 Å². The second-order valence-electron chi connectivity index (χ2n) is 5.22. The molecular formula is C13H21N3O2S. The number of ether oxygens (including phenoxy) is 2. The van der Waals surface area contributed by atoms with E-state index in [1.54, 1.807) is 25.6 Å². The number of anilines is 1. The van der Waals surface area contributed by atoms with E-state index in [0.717, 1.165) is 30.8 Å². The molecule has 0 bridgehead atoms. The topological polar surface area (TPSA) is 46.6 Å². The molecule has 1 N–H and O–H groups in total. The van der Waals surface area contributed by atoms with E-state index in [1.165, 1.54) is 17.7 Å². The highest BCUT2D eigenvalue weighted by atomic mass is 32.1. The van der Waals surface area contributed by atoms with Crippen molar-refractivity contribution in [2.24, 2.45) is 0 Å². The van der Waals surface area contributed by atoms with Crippen LogP contribution in [-0.2, 0) is 16.0 Å². The minimum atomic E-state index is 0.141. The van der Waals surface area contributed by atoms with Crippen molar-refractivity contribution < 1.29 is 9.47 Å². The van der Waals surface area contributed by atoms with Crippen molar-refractivity contribution in [1.82, 2.24) is 10.3 Å². The van der Waals surface area contributed by atoms with Crippen molar-refractivity contribution in [1.29, 1.82) is 0 Å². The van der Waals surface area contributed by atoms with Gasteiger partial charge in [-0.05, 0) is 12.8 Å². The molecule has 1 saturated carbocycles. The first kappa shape index (κ1) is 13.3.